The maximum absolute atomic E-state index is 11.5. The van der Waals surface area contributed by atoms with Crippen molar-refractivity contribution in [1.29, 1.82) is 0 Å². The molecule has 12 heteroatoms. The molecule has 4 aromatic rings. The topological polar surface area (TPSA) is 190 Å². The predicted octanol–water partition coefficient (Wildman–Crippen LogP) is 1.90. The summed E-state index contributed by atoms with van der Waals surface area (Å²) in [7, 11) is -9.55. The monoisotopic (exact) mass is 426 g/mol. The minimum atomic E-state index is -4.78. The van der Waals surface area contributed by atoms with Crippen molar-refractivity contribution in [1.82, 2.24) is 0 Å². The molecular formula is C16H10O10S2. The van der Waals surface area contributed by atoms with Crippen molar-refractivity contribution in [3.05, 3.63) is 24.3 Å². The lowest BCUT2D eigenvalue weighted by molar-refractivity contribution is 0.410. The molecule has 0 aliphatic heterocycles. The van der Waals surface area contributed by atoms with E-state index in [1.54, 1.807) is 0 Å². The molecule has 0 saturated carbocycles. The van der Waals surface area contributed by atoms with Gasteiger partial charge < -0.3 is 20.4 Å². The van der Waals surface area contributed by atoms with Gasteiger partial charge in [0.05, 0.1) is 9.79 Å². The van der Waals surface area contributed by atoms with Gasteiger partial charge in [0, 0.05) is 32.3 Å². The second-order valence-corrected chi connectivity index (χ2v) is 8.97. The highest BCUT2D eigenvalue weighted by atomic mass is 32.2. The summed E-state index contributed by atoms with van der Waals surface area (Å²) < 4.78 is 64.7. The highest BCUT2D eigenvalue weighted by Gasteiger charge is 2.27. The lowest BCUT2D eigenvalue weighted by atomic mass is 9.91. The molecule has 0 heterocycles. The SMILES string of the molecule is O=S(=O)(O)c1cc2c(O)c(O)c3cc(S(=O)(=O)O)cc4c(O)c(O)c(c1)c2c34. The van der Waals surface area contributed by atoms with Crippen molar-refractivity contribution in [2.75, 3.05) is 0 Å². The molecule has 0 unspecified atom stereocenters. The van der Waals surface area contributed by atoms with Gasteiger partial charge in [-0.05, 0) is 24.3 Å². The normalized spacial score (nSPS) is 13.1. The van der Waals surface area contributed by atoms with Gasteiger partial charge in [0.2, 0.25) is 0 Å². The molecule has 0 radical (unpaired) electrons. The average molecular weight is 426 g/mol. The number of benzene rings is 4. The van der Waals surface area contributed by atoms with E-state index < -0.39 is 53.0 Å². The van der Waals surface area contributed by atoms with E-state index in [0.29, 0.717) is 0 Å². The van der Waals surface area contributed by atoms with E-state index in [0.717, 1.165) is 24.3 Å². The fourth-order valence-electron chi connectivity index (χ4n) is 3.33. The molecule has 146 valence electrons. The number of phenols is 4. The van der Waals surface area contributed by atoms with Crippen LogP contribution < -0.4 is 0 Å². The summed E-state index contributed by atoms with van der Waals surface area (Å²) in [5, 5.41) is 40.2. The van der Waals surface area contributed by atoms with Crippen LogP contribution in [0.25, 0.3) is 32.3 Å². The largest absolute Gasteiger partial charge is 0.504 e. The van der Waals surface area contributed by atoms with E-state index in [4.69, 9.17) is 0 Å². The quantitative estimate of drug-likeness (QED) is 0.157. The summed E-state index contributed by atoms with van der Waals surface area (Å²) in [4.78, 5) is -1.44. The molecule has 28 heavy (non-hydrogen) atoms. The molecule has 0 amide bonds. The Morgan fingerprint density at radius 1 is 0.500 bits per heavy atom. The van der Waals surface area contributed by atoms with Crippen LogP contribution in [-0.2, 0) is 20.2 Å². The summed E-state index contributed by atoms with van der Waals surface area (Å²) in [5.41, 5.74) is 0. The third-order valence-electron chi connectivity index (χ3n) is 4.54. The van der Waals surface area contributed by atoms with Crippen molar-refractivity contribution in [2.24, 2.45) is 0 Å². The maximum atomic E-state index is 11.5. The fourth-order valence-corrected chi connectivity index (χ4v) is 4.39. The molecule has 4 rings (SSSR count). The zero-order valence-corrected chi connectivity index (χ0v) is 15.1. The molecule has 10 nitrogen and oxygen atoms in total. The Morgan fingerprint density at radius 3 is 0.893 bits per heavy atom. The van der Waals surface area contributed by atoms with E-state index in [1.165, 1.54) is 0 Å². The molecule has 0 aromatic heterocycles. The van der Waals surface area contributed by atoms with Crippen LogP contribution in [0.4, 0.5) is 0 Å². The van der Waals surface area contributed by atoms with E-state index in [9.17, 15) is 46.4 Å². The highest BCUT2D eigenvalue weighted by Crippen LogP contribution is 2.53. The minimum Gasteiger partial charge on any atom is -0.504 e. The number of hydrogen-bond acceptors (Lipinski definition) is 8. The summed E-state index contributed by atoms with van der Waals surface area (Å²) in [6, 6.07) is 3.38. The lowest BCUT2D eigenvalue weighted by Crippen LogP contribution is -2.01. The van der Waals surface area contributed by atoms with Crippen molar-refractivity contribution < 1.29 is 46.4 Å². The molecule has 0 bridgehead atoms. The van der Waals surface area contributed by atoms with Crippen LogP contribution in [0.3, 0.4) is 0 Å². The van der Waals surface area contributed by atoms with Crippen LogP contribution in [0, 0.1) is 0 Å². The summed E-state index contributed by atoms with van der Waals surface area (Å²) in [6.07, 6.45) is 0. The second kappa shape index (κ2) is 5.26. The Morgan fingerprint density at radius 2 is 0.714 bits per heavy atom. The van der Waals surface area contributed by atoms with E-state index in [2.05, 4.69) is 0 Å². The van der Waals surface area contributed by atoms with Gasteiger partial charge in [0.15, 0.2) is 23.0 Å². The third-order valence-corrected chi connectivity index (χ3v) is 6.20. The van der Waals surface area contributed by atoms with Crippen LogP contribution in [-0.4, -0.2) is 46.4 Å². The van der Waals surface area contributed by atoms with E-state index in [1.807, 2.05) is 0 Å². The Balaban J connectivity index is 2.43. The number of phenolic OH excluding ortho intramolecular Hbond substituents is 4. The predicted molar refractivity (Wildman–Crippen MR) is 96.4 cm³/mol. The Bertz CT molecular complexity index is 1340. The number of aromatic hydroxyl groups is 4. The van der Waals surface area contributed by atoms with Gasteiger partial charge in [-0.3, -0.25) is 9.11 Å². The molecule has 0 saturated heterocycles. The van der Waals surface area contributed by atoms with Crippen molar-refractivity contribution in [2.45, 2.75) is 9.79 Å². The van der Waals surface area contributed by atoms with E-state index >= 15 is 0 Å². The molecule has 0 fully saturated rings. The van der Waals surface area contributed by atoms with Crippen LogP contribution >= 0.6 is 0 Å². The molecule has 0 aliphatic carbocycles. The number of hydrogen-bond donors (Lipinski definition) is 6. The first-order valence-electron chi connectivity index (χ1n) is 7.39. The Labute approximate surface area is 156 Å². The van der Waals surface area contributed by atoms with Crippen LogP contribution in [0.15, 0.2) is 34.1 Å². The molecular weight excluding hydrogens is 416 g/mol. The molecule has 6 N–H and O–H groups in total. The fraction of sp³-hybridized carbons (Fsp3) is 0. The van der Waals surface area contributed by atoms with Crippen molar-refractivity contribution >= 4 is 52.6 Å². The third kappa shape index (κ3) is 2.32. The minimum absolute atomic E-state index is 0.00936. The van der Waals surface area contributed by atoms with Gasteiger partial charge in [-0.2, -0.15) is 16.8 Å². The zero-order valence-electron chi connectivity index (χ0n) is 13.4. The zero-order chi connectivity index (χ0) is 20.8. The summed E-state index contributed by atoms with van der Waals surface area (Å²) in [6.45, 7) is 0. The maximum Gasteiger partial charge on any atom is 0.294 e. The Kier molecular flexibility index (Phi) is 3.44. The summed E-state index contributed by atoms with van der Waals surface area (Å²) in [5.74, 6) is -3.44. The molecule has 0 spiro atoms. The first-order chi connectivity index (χ1) is 12.8. The highest BCUT2D eigenvalue weighted by molar-refractivity contribution is 7.86. The second-order valence-electron chi connectivity index (χ2n) is 6.13. The first-order valence-corrected chi connectivity index (χ1v) is 10.3. The van der Waals surface area contributed by atoms with Gasteiger partial charge in [-0.25, -0.2) is 0 Å². The standard InChI is InChI=1S/C16H10O10S2/c17-13-7-1-5(27(21,22)23)2-8-11(7)12-9(14(13)18)3-6(28(24,25)26)4-10(12)16(20)15(8)19/h1-4,17-20H,(H,21,22,23)(H,24,25,26). The smallest absolute Gasteiger partial charge is 0.294 e. The number of rotatable bonds is 2. The molecule has 4 aromatic carbocycles. The van der Waals surface area contributed by atoms with Crippen LogP contribution in [0.2, 0.25) is 0 Å². The van der Waals surface area contributed by atoms with Gasteiger partial charge in [-0.15, -0.1) is 0 Å². The van der Waals surface area contributed by atoms with Crippen molar-refractivity contribution in [3.8, 4) is 23.0 Å². The van der Waals surface area contributed by atoms with Gasteiger partial charge in [0.1, 0.15) is 0 Å². The van der Waals surface area contributed by atoms with Gasteiger partial charge >= 0.3 is 0 Å². The lowest BCUT2D eigenvalue weighted by Gasteiger charge is -2.18. The molecule has 0 atom stereocenters. The van der Waals surface area contributed by atoms with Crippen molar-refractivity contribution in [3.63, 3.8) is 0 Å². The average Bonchev–Trinajstić information content (AvgIpc) is 2.60. The Hall–Kier alpha value is -3.06. The van der Waals surface area contributed by atoms with E-state index in [-0.39, 0.29) is 32.3 Å². The first kappa shape index (κ1) is 18.3. The van der Waals surface area contributed by atoms with Crippen LogP contribution in [0.5, 0.6) is 23.0 Å². The van der Waals surface area contributed by atoms with Gasteiger partial charge in [0.25, 0.3) is 20.2 Å². The molecule has 0 aliphatic rings. The summed E-state index contributed by atoms with van der Waals surface area (Å²) >= 11 is 0. The van der Waals surface area contributed by atoms with Gasteiger partial charge in [-0.1, -0.05) is 0 Å². The van der Waals surface area contributed by atoms with Crippen LogP contribution in [0.1, 0.15) is 0 Å².